The summed E-state index contributed by atoms with van der Waals surface area (Å²) in [7, 11) is 3.48. The molecule has 2 N–H and O–H groups in total. The minimum Gasteiger partial charge on any atom is -0.497 e. The third kappa shape index (κ3) is 4.01. The van der Waals surface area contributed by atoms with Gasteiger partial charge >= 0.3 is 0 Å². The fraction of sp³-hybridized carbons (Fsp3) is 0.389. The smallest absolute Gasteiger partial charge is 0.191 e. The summed E-state index contributed by atoms with van der Waals surface area (Å²) in [6, 6.07) is 12.4. The Balaban J connectivity index is 1.52. The fourth-order valence-corrected chi connectivity index (χ4v) is 2.89. The van der Waals surface area contributed by atoms with Crippen molar-refractivity contribution in [2.75, 3.05) is 32.1 Å². The number of hydrogen-bond donors (Lipinski definition) is 2. The molecule has 3 rings (SSSR count). The summed E-state index contributed by atoms with van der Waals surface area (Å²) >= 11 is 0. The highest BCUT2D eigenvalue weighted by atomic mass is 16.5. The van der Waals surface area contributed by atoms with Crippen LogP contribution in [-0.2, 0) is 6.54 Å². The highest BCUT2D eigenvalue weighted by molar-refractivity contribution is 5.80. The molecule has 1 saturated heterocycles. The first-order valence-electron chi connectivity index (χ1n) is 8.17. The number of nitrogens with zero attached hydrogens (tertiary/aromatic N) is 2. The van der Waals surface area contributed by atoms with E-state index in [1.54, 1.807) is 20.4 Å². The topological polar surface area (TPSA) is 62.0 Å². The summed E-state index contributed by atoms with van der Waals surface area (Å²) in [5.74, 6) is 2.58. The summed E-state index contributed by atoms with van der Waals surface area (Å²) in [4.78, 5) is 6.65. The molecule has 1 atom stereocenters. The van der Waals surface area contributed by atoms with Crippen molar-refractivity contribution in [3.63, 3.8) is 0 Å². The van der Waals surface area contributed by atoms with Crippen LogP contribution in [0.2, 0.25) is 0 Å². The first-order chi connectivity index (χ1) is 11.8. The van der Waals surface area contributed by atoms with Gasteiger partial charge < -0.3 is 24.7 Å². The minimum atomic E-state index is 0.360. The quantitative estimate of drug-likeness (QED) is 0.651. The van der Waals surface area contributed by atoms with Crippen LogP contribution in [0.15, 0.2) is 52.1 Å². The maximum Gasteiger partial charge on any atom is 0.191 e. The van der Waals surface area contributed by atoms with E-state index in [4.69, 9.17) is 9.15 Å². The molecule has 0 bridgehead atoms. The predicted octanol–water partition coefficient (Wildman–Crippen LogP) is 2.23. The van der Waals surface area contributed by atoms with Crippen LogP contribution in [0.3, 0.4) is 0 Å². The zero-order chi connectivity index (χ0) is 16.8. The maximum atomic E-state index is 5.33. The molecule has 6 nitrogen and oxygen atoms in total. The number of hydrogen-bond acceptors (Lipinski definition) is 4. The molecule has 0 aliphatic carbocycles. The molecule has 2 aromatic rings. The number of aliphatic imine (C=N–C) groups is 1. The molecule has 0 radical (unpaired) electrons. The lowest BCUT2D eigenvalue weighted by Crippen LogP contribution is -2.44. The molecule has 1 aliphatic rings. The van der Waals surface area contributed by atoms with Gasteiger partial charge in [0.15, 0.2) is 5.96 Å². The third-order valence-corrected chi connectivity index (χ3v) is 4.18. The molecule has 1 aliphatic heterocycles. The van der Waals surface area contributed by atoms with Crippen molar-refractivity contribution in [1.29, 1.82) is 0 Å². The normalized spacial score (nSPS) is 17.8. The van der Waals surface area contributed by atoms with E-state index in [0.717, 1.165) is 37.0 Å². The Kier molecular flexibility index (Phi) is 5.25. The van der Waals surface area contributed by atoms with Crippen LogP contribution in [0.25, 0.3) is 0 Å². The summed E-state index contributed by atoms with van der Waals surface area (Å²) in [5.41, 5.74) is 1.19. The molecule has 1 aromatic carbocycles. The Hall–Kier alpha value is -2.63. The van der Waals surface area contributed by atoms with Crippen LogP contribution in [0.4, 0.5) is 5.69 Å². The zero-order valence-corrected chi connectivity index (χ0v) is 14.2. The van der Waals surface area contributed by atoms with Gasteiger partial charge in [0.05, 0.1) is 19.9 Å². The third-order valence-electron chi connectivity index (χ3n) is 4.18. The summed E-state index contributed by atoms with van der Waals surface area (Å²) in [6.45, 7) is 2.58. The molecule has 1 aromatic heterocycles. The van der Waals surface area contributed by atoms with E-state index in [1.165, 1.54) is 5.69 Å². The van der Waals surface area contributed by atoms with Crippen molar-refractivity contribution in [3.8, 4) is 5.75 Å². The van der Waals surface area contributed by atoms with Gasteiger partial charge in [-0.1, -0.05) is 6.07 Å². The SMILES string of the molecule is CN=C(NCc1ccco1)NC1CCN(c2cccc(OC)c2)C1. The predicted molar refractivity (Wildman–Crippen MR) is 95.7 cm³/mol. The van der Waals surface area contributed by atoms with Crippen LogP contribution in [0, 0.1) is 0 Å². The number of rotatable bonds is 5. The second-order valence-electron chi connectivity index (χ2n) is 5.78. The minimum absolute atomic E-state index is 0.360. The first kappa shape index (κ1) is 16.2. The lowest BCUT2D eigenvalue weighted by molar-refractivity contribution is 0.415. The lowest BCUT2D eigenvalue weighted by atomic mass is 10.2. The van der Waals surface area contributed by atoms with Gasteiger partial charge in [-0.15, -0.1) is 0 Å². The number of furan rings is 1. The lowest BCUT2D eigenvalue weighted by Gasteiger charge is -2.20. The Bertz CT molecular complexity index is 669. The van der Waals surface area contributed by atoms with Crippen molar-refractivity contribution < 1.29 is 9.15 Å². The van der Waals surface area contributed by atoms with E-state index < -0.39 is 0 Å². The maximum absolute atomic E-state index is 5.33. The molecule has 0 spiro atoms. The van der Waals surface area contributed by atoms with Gasteiger partial charge in [-0.05, 0) is 30.7 Å². The van der Waals surface area contributed by atoms with Crippen LogP contribution >= 0.6 is 0 Å². The highest BCUT2D eigenvalue weighted by Gasteiger charge is 2.23. The molecular weight excluding hydrogens is 304 g/mol. The van der Waals surface area contributed by atoms with Crippen LogP contribution in [0.1, 0.15) is 12.2 Å². The van der Waals surface area contributed by atoms with Crippen molar-refractivity contribution in [2.24, 2.45) is 4.99 Å². The van der Waals surface area contributed by atoms with Crippen molar-refractivity contribution in [2.45, 2.75) is 19.0 Å². The average Bonchev–Trinajstić information content (AvgIpc) is 3.30. The standard InChI is InChI=1S/C18H24N4O2/c1-19-18(20-12-17-7-4-10-24-17)21-14-8-9-22(13-14)15-5-3-6-16(11-15)23-2/h3-7,10-11,14H,8-9,12-13H2,1-2H3,(H2,19,20,21). The fourth-order valence-electron chi connectivity index (χ4n) is 2.89. The van der Waals surface area contributed by atoms with Gasteiger partial charge in [0.2, 0.25) is 0 Å². The number of nitrogens with one attached hydrogen (secondary N) is 2. The number of guanidine groups is 1. The first-order valence-corrected chi connectivity index (χ1v) is 8.17. The summed E-state index contributed by atoms with van der Waals surface area (Å²) in [5, 5.41) is 6.76. The van der Waals surface area contributed by atoms with Crippen LogP contribution < -0.4 is 20.3 Å². The number of ether oxygens (including phenoxy) is 1. The van der Waals surface area contributed by atoms with E-state index in [-0.39, 0.29) is 0 Å². The van der Waals surface area contributed by atoms with Crippen molar-refractivity contribution in [1.82, 2.24) is 10.6 Å². The Morgan fingerprint density at radius 3 is 3.04 bits per heavy atom. The van der Waals surface area contributed by atoms with Gasteiger partial charge in [0.1, 0.15) is 11.5 Å². The van der Waals surface area contributed by atoms with Gasteiger partial charge in [-0.25, -0.2) is 0 Å². The number of benzene rings is 1. The van der Waals surface area contributed by atoms with Crippen LogP contribution in [0.5, 0.6) is 5.75 Å². The summed E-state index contributed by atoms with van der Waals surface area (Å²) in [6.07, 6.45) is 2.74. The van der Waals surface area contributed by atoms with E-state index in [0.29, 0.717) is 12.6 Å². The highest BCUT2D eigenvalue weighted by Crippen LogP contribution is 2.24. The molecule has 1 fully saturated rings. The molecule has 0 saturated carbocycles. The van der Waals surface area contributed by atoms with Gasteiger partial charge in [-0.2, -0.15) is 0 Å². The van der Waals surface area contributed by atoms with Gasteiger partial charge in [-0.3, -0.25) is 4.99 Å². The van der Waals surface area contributed by atoms with E-state index in [2.05, 4.69) is 32.7 Å². The molecule has 0 amide bonds. The molecule has 6 heteroatoms. The zero-order valence-electron chi connectivity index (χ0n) is 14.2. The number of methoxy groups -OCH3 is 1. The second-order valence-corrected chi connectivity index (χ2v) is 5.78. The molecule has 2 heterocycles. The van der Waals surface area contributed by atoms with Crippen molar-refractivity contribution in [3.05, 3.63) is 48.4 Å². The second kappa shape index (κ2) is 7.77. The Morgan fingerprint density at radius 1 is 1.38 bits per heavy atom. The monoisotopic (exact) mass is 328 g/mol. The summed E-state index contributed by atoms with van der Waals surface area (Å²) < 4.78 is 10.6. The van der Waals surface area contributed by atoms with E-state index in [1.807, 2.05) is 24.3 Å². The van der Waals surface area contributed by atoms with E-state index in [9.17, 15) is 0 Å². The molecule has 24 heavy (non-hydrogen) atoms. The van der Waals surface area contributed by atoms with Gasteiger partial charge in [0, 0.05) is 37.9 Å². The van der Waals surface area contributed by atoms with Crippen LogP contribution in [-0.4, -0.2) is 39.2 Å². The largest absolute Gasteiger partial charge is 0.497 e. The van der Waals surface area contributed by atoms with E-state index >= 15 is 0 Å². The molecule has 128 valence electrons. The van der Waals surface area contributed by atoms with Crippen molar-refractivity contribution >= 4 is 11.6 Å². The Labute approximate surface area is 142 Å². The molecular formula is C18H24N4O2. The molecule has 1 unspecified atom stereocenters. The van der Waals surface area contributed by atoms with Gasteiger partial charge in [0.25, 0.3) is 0 Å². The number of anilines is 1. The average molecular weight is 328 g/mol. The Morgan fingerprint density at radius 2 is 2.29 bits per heavy atom.